The number of aliphatic hydroxyl groups excluding tert-OH is 5. The number of aromatic nitrogens is 1. The first-order valence-electron chi connectivity index (χ1n) is 11.8. The molecule has 11 nitrogen and oxygen atoms in total. The van der Waals surface area contributed by atoms with E-state index in [4.69, 9.17) is 5.11 Å². The van der Waals surface area contributed by atoms with E-state index in [0.29, 0.717) is 16.9 Å². The first-order chi connectivity index (χ1) is 17.5. The van der Waals surface area contributed by atoms with Gasteiger partial charge in [0.05, 0.1) is 23.6 Å². The molecular formula is C26H33N3O8. The van der Waals surface area contributed by atoms with Crippen LogP contribution in [0.3, 0.4) is 0 Å². The number of aromatic hydroxyl groups is 1. The number of amides is 1. The molecule has 6 N–H and O–H groups in total. The van der Waals surface area contributed by atoms with Crippen molar-refractivity contribution >= 4 is 28.2 Å². The SMILES string of the molecule is CCN(C(=O)c1c(O)c2c(N(C)C[C@H](O)[C@@H](O)[C@H](O)[C@H](O)CO)cccc2n(C)c1=O)c1ccccc1. The van der Waals surface area contributed by atoms with Gasteiger partial charge in [-0.1, -0.05) is 24.3 Å². The molecule has 11 heteroatoms. The highest BCUT2D eigenvalue weighted by Crippen LogP contribution is 2.35. The number of para-hydroxylation sites is 1. The van der Waals surface area contributed by atoms with Crippen LogP contribution < -0.4 is 15.4 Å². The van der Waals surface area contributed by atoms with Crippen molar-refractivity contribution in [2.24, 2.45) is 7.05 Å². The largest absolute Gasteiger partial charge is 0.506 e. The van der Waals surface area contributed by atoms with Crippen LogP contribution in [0.15, 0.2) is 53.3 Å². The second-order valence-electron chi connectivity index (χ2n) is 8.82. The molecule has 0 bridgehead atoms. The minimum atomic E-state index is -1.79. The molecule has 0 aliphatic heterocycles. The van der Waals surface area contributed by atoms with E-state index in [2.05, 4.69) is 0 Å². The van der Waals surface area contributed by atoms with Crippen molar-refractivity contribution in [3.63, 3.8) is 0 Å². The van der Waals surface area contributed by atoms with E-state index in [0.717, 1.165) is 0 Å². The van der Waals surface area contributed by atoms with Crippen molar-refractivity contribution in [3.8, 4) is 5.75 Å². The molecule has 0 aliphatic carbocycles. The van der Waals surface area contributed by atoms with Gasteiger partial charge >= 0.3 is 0 Å². The molecule has 2 aromatic carbocycles. The number of aryl methyl sites for hydroxylation is 1. The number of hydrogen-bond acceptors (Lipinski definition) is 9. The fourth-order valence-electron chi connectivity index (χ4n) is 4.30. The van der Waals surface area contributed by atoms with Crippen molar-refractivity contribution in [2.75, 3.05) is 36.5 Å². The molecule has 37 heavy (non-hydrogen) atoms. The van der Waals surface area contributed by atoms with Gasteiger partial charge < -0.3 is 45.0 Å². The number of anilines is 2. The summed E-state index contributed by atoms with van der Waals surface area (Å²) in [6, 6.07) is 13.6. The molecule has 3 rings (SSSR count). The first kappa shape index (κ1) is 28.1. The first-order valence-corrected chi connectivity index (χ1v) is 11.8. The summed E-state index contributed by atoms with van der Waals surface area (Å²) >= 11 is 0. The van der Waals surface area contributed by atoms with Gasteiger partial charge in [0.1, 0.15) is 29.6 Å². The van der Waals surface area contributed by atoms with Gasteiger partial charge in [0.15, 0.2) is 0 Å². The molecule has 1 aromatic heterocycles. The molecule has 0 fully saturated rings. The van der Waals surface area contributed by atoms with E-state index in [-0.39, 0.29) is 18.5 Å². The van der Waals surface area contributed by atoms with Crippen molar-refractivity contribution in [3.05, 3.63) is 64.4 Å². The fraction of sp³-hybridized carbons (Fsp3) is 0.385. The van der Waals surface area contributed by atoms with Crippen molar-refractivity contribution < 1.29 is 35.4 Å². The van der Waals surface area contributed by atoms with Crippen molar-refractivity contribution in [1.82, 2.24) is 4.57 Å². The highest BCUT2D eigenvalue weighted by atomic mass is 16.4. The molecule has 0 saturated carbocycles. The number of nitrogens with zero attached hydrogens (tertiary/aromatic N) is 3. The Morgan fingerprint density at radius 3 is 2.19 bits per heavy atom. The number of hydrogen-bond donors (Lipinski definition) is 6. The van der Waals surface area contributed by atoms with Crippen LogP contribution in [-0.4, -0.2) is 92.3 Å². The van der Waals surface area contributed by atoms with Gasteiger partial charge in [-0.15, -0.1) is 0 Å². The third kappa shape index (κ3) is 5.45. The lowest BCUT2D eigenvalue weighted by atomic mass is 10.0. The molecule has 1 amide bonds. The Morgan fingerprint density at radius 1 is 0.973 bits per heavy atom. The zero-order chi connectivity index (χ0) is 27.4. The van der Waals surface area contributed by atoms with E-state index in [1.807, 2.05) is 0 Å². The number of likely N-dealkylation sites (N-methyl/N-ethyl adjacent to an activating group) is 1. The molecular weight excluding hydrogens is 482 g/mol. The zero-order valence-corrected chi connectivity index (χ0v) is 20.9. The third-order valence-electron chi connectivity index (χ3n) is 6.41. The van der Waals surface area contributed by atoms with E-state index < -0.39 is 53.8 Å². The van der Waals surface area contributed by atoms with Gasteiger partial charge in [0, 0.05) is 38.6 Å². The van der Waals surface area contributed by atoms with Gasteiger partial charge in [0.2, 0.25) is 0 Å². The van der Waals surface area contributed by atoms with E-state index in [1.54, 1.807) is 62.5 Å². The van der Waals surface area contributed by atoms with E-state index in [9.17, 15) is 35.1 Å². The zero-order valence-electron chi connectivity index (χ0n) is 20.9. The normalized spacial score (nSPS) is 14.7. The number of rotatable bonds is 10. The number of aliphatic hydroxyl groups is 5. The minimum Gasteiger partial charge on any atom is -0.506 e. The highest BCUT2D eigenvalue weighted by molar-refractivity contribution is 6.12. The molecule has 0 spiro atoms. The van der Waals surface area contributed by atoms with Crippen LogP contribution in [0.1, 0.15) is 17.3 Å². The number of carbonyl (C=O) groups is 1. The van der Waals surface area contributed by atoms with Crippen LogP contribution in [0.2, 0.25) is 0 Å². The van der Waals surface area contributed by atoms with Gasteiger partial charge in [-0.2, -0.15) is 0 Å². The smallest absolute Gasteiger partial charge is 0.267 e. The maximum atomic E-state index is 13.5. The summed E-state index contributed by atoms with van der Waals surface area (Å²) in [6.45, 7) is 0.936. The Bertz CT molecular complexity index is 1300. The van der Waals surface area contributed by atoms with Crippen LogP contribution in [0.4, 0.5) is 11.4 Å². The Labute approximate surface area is 213 Å². The average molecular weight is 516 g/mol. The summed E-state index contributed by atoms with van der Waals surface area (Å²) in [5.74, 6) is -1.20. The lowest BCUT2D eigenvalue weighted by Crippen LogP contribution is -2.49. The van der Waals surface area contributed by atoms with Gasteiger partial charge in [-0.3, -0.25) is 9.59 Å². The number of benzene rings is 2. The van der Waals surface area contributed by atoms with E-state index in [1.165, 1.54) is 21.4 Å². The summed E-state index contributed by atoms with van der Waals surface area (Å²) in [5.41, 5.74) is 0.134. The number of pyridine rings is 1. The van der Waals surface area contributed by atoms with Crippen LogP contribution in [0, 0.1) is 0 Å². The minimum absolute atomic E-state index is 0.178. The molecule has 0 radical (unpaired) electrons. The van der Waals surface area contributed by atoms with Crippen molar-refractivity contribution in [1.29, 1.82) is 0 Å². The van der Waals surface area contributed by atoms with E-state index >= 15 is 0 Å². The second-order valence-corrected chi connectivity index (χ2v) is 8.82. The maximum Gasteiger partial charge on any atom is 0.267 e. The molecule has 0 aliphatic rings. The molecule has 1 heterocycles. The molecule has 0 saturated heterocycles. The van der Waals surface area contributed by atoms with Crippen molar-refractivity contribution in [2.45, 2.75) is 31.3 Å². The van der Waals surface area contributed by atoms with Crippen LogP contribution in [-0.2, 0) is 7.05 Å². The van der Waals surface area contributed by atoms with Crippen LogP contribution in [0.25, 0.3) is 10.9 Å². The summed E-state index contributed by atoms with van der Waals surface area (Å²) in [5, 5.41) is 60.6. The standard InChI is InChI=1S/C26H33N3O8/c1-4-29(15-9-6-5-7-10-15)26(37)21-24(35)20-16(11-8-12-17(20)28(3)25(21)36)27(2)13-18(31)22(33)23(34)19(32)14-30/h5-12,18-19,22-23,30-35H,4,13-14H2,1-3H3/t18-,19+,22+,23+/m0/s1. The highest BCUT2D eigenvalue weighted by Gasteiger charge is 2.32. The summed E-state index contributed by atoms with van der Waals surface area (Å²) < 4.78 is 1.26. The summed E-state index contributed by atoms with van der Waals surface area (Å²) in [7, 11) is 3.03. The summed E-state index contributed by atoms with van der Waals surface area (Å²) in [6.07, 6.45) is -6.78. The Balaban J connectivity index is 2.08. The fourth-order valence-corrected chi connectivity index (χ4v) is 4.30. The predicted molar refractivity (Wildman–Crippen MR) is 139 cm³/mol. The molecule has 4 atom stereocenters. The Kier molecular flexibility index (Phi) is 8.89. The molecule has 200 valence electrons. The predicted octanol–water partition coefficient (Wildman–Crippen LogP) is -0.217. The summed E-state index contributed by atoms with van der Waals surface area (Å²) in [4.78, 5) is 29.6. The average Bonchev–Trinajstić information content (AvgIpc) is 2.91. The van der Waals surface area contributed by atoms with Gasteiger partial charge in [-0.05, 0) is 31.2 Å². The van der Waals surface area contributed by atoms with Crippen LogP contribution in [0.5, 0.6) is 5.75 Å². The second kappa shape index (κ2) is 11.7. The lowest BCUT2D eigenvalue weighted by Gasteiger charge is -2.30. The topological polar surface area (TPSA) is 167 Å². The molecule has 0 unspecified atom stereocenters. The quantitative estimate of drug-likeness (QED) is 0.214. The number of fused-ring (bicyclic) bond motifs is 1. The lowest BCUT2D eigenvalue weighted by molar-refractivity contribution is -0.112. The monoisotopic (exact) mass is 515 g/mol. The third-order valence-corrected chi connectivity index (χ3v) is 6.41. The Hall–Kier alpha value is -3.48. The Morgan fingerprint density at radius 2 is 1.59 bits per heavy atom. The van der Waals surface area contributed by atoms with Gasteiger partial charge in [0.25, 0.3) is 11.5 Å². The maximum absolute atomic E-state index is 13.5. The van der Waals surface area contributed by atoms with Gasteiger partial charge in [-0.25, -0.2) is 0 Å². The number of carbonyl (C=O) groups excluding carboxylic acids is 1. The van der Waals surface area contributed by atoms with Crippen LogP contribution >= 0.6 is 0 Å². The molecule has 3 aromatic rings.